The second kappa shape index (κ2) is 24.7. The van der Waals surface area contributed by atoms with E-state index in [2.05, 4.69) is 0 Å². The molecule has 0 radical (unpaired) electrons. The Bertz CT molecular complexity index is 2360. The number of rotatable bonds is 26. The van der Waals surface area contributed by atoms with E-state index in [1.807, 2.05) is 133 Å². The van der Waals surface area contributed by atoms with Crippen molar-refractivity contribution in [1.29, 1.82) is 0 Å². The molecule has 0 bridgehead atoms. The zero-order valence-corrected chi connectivity index (χ0v) is 40.7. The summed E-state index contributed by atoms with van der Waals surface area (Å²) in [7, 11) is 12.9. The largest absolute Gasteiger partial charge is 0.497 e. The summed E-state index contributed by atoms with van der Waals surface area (Å²) in [5.74, 6) is 8.97. The van der Waals surface area contributed by atoms with E-state index in [9.17, 15) is 0 Å². The minimum atomic E-state index is 0.231. The number of ether oxygens (including phenoxy) is 14. The number of hydrogen-bond donors (Lipinski definition) is 0. The third kappa shape index (κ3) is 14.4. The van der Waals surface area contributed by atoms with Gasteiger partial charge in [0.1, 0.15) is 120 Å². The topological polar surface area (TPSA) is 129 Å². The van der Waals surface area contributed by atoms with Gasteiger partial charge in [-0.15, -0.1) is 0 Å². The zero-order valence-electron chi connectivity index (χ0n) is 40.7. The normalized spacial score (nSPS) is 10.6. The van der Waals surface area contributed by atoms with Crippen LogP contribution in [0.2, 0.25) is 0 Å². The van der Waals surface area contributed by atoms with Crippen LogP contribution in [0.25, 0.3) is 0 Å². The Kier molecular flexibility index (Phi) is 17.5. The van der Waals surface area contributed by atoms with E-state index in [0.29, 0.717) is 80.5 Å². The third-order valence-corrected chi connectivity index (χ3v) is 10.8. The molecule has 0 saturated heterocycles. The predicted octanol–water partition coefficient (Wildman–Crippen LogP) is 11.2. The first-order chi connectivity index (χ1) is 34.2. The number of benzene rings is 7. The summed E-state index contributed by atoms with van der Waals surface area (Å²) >= 11 is 0. The maximum Gasteiger partial charge on any atom is 0.123 e. The van der Waals surface area contributed by atoms with Crippen LogP contribution >= 0.6 is 0 Å². The van der Waals surface area contributed by atoms with Crippen molar-refractivity contribution < 1.29 is 66.3 Å². The number of hydrogen-bond acceptors (Lipinski definition) is 14. The first-order valence-electron chi connectivity index (χ1n) is 22.2. The highest BCUT2D eigenvalue weighted by atomic mass is 16.5. The SMILES string of the molecule is COc1cc(COc2cc(COc3ccc(OCc4cc(OCc5cc(OC)cc(OC)c5)cc(OCc5cc(OC)cc(OC)c5)c4)cc3)cc(OCc3cc(OC)cc(OC)c3)c2)cc(OC)c1. The first kappa shape index (κ1) is 49.6. The fourth-order valence-electron chi connectivity index (χ4n) is 7.19. The van der Waals surface area contributed by atoms with Gasteiger partial charge >= 0.3 is 0 Å². The van der Waals surface area contributed by atoms with Crippen LogP contribution in [0.15, 0.2) is 133 Å². The van der Waals surface area contributed by atoms with Crippen LogP contribution < -0.4 is 66.3 Å². The lowest BCUT2D eigenvalue weighted by atomic mass is 10.2. The monoisotopic (exact) mass is 954 g/mol. The van der Waals surface area contributed by atoms with E-state index in [4.69, 9.17) is 66.3 Å². The summed E-state index contributed by atoms with van der Waals surface area (Å²) in [6.07, 6.45) is 0. The molecule has 0 amide bonds. The van der Waals surface area contributed by atoms with Gasteiger partial charge in [0.15, 0.2) is 0 Å². The molecule has 0 fully saturated rings. The van der Waals surface area contributed by atoms with Gasteiger partial charge in [0, 0.05) is 36.4 Å². The molecule has 70 heavy (non-hydrogen) atoms. The van der Waals surface area contributed by atoms with Crippen LogP contribution in [0.4, 0.5) is 0 Å². The molecule has 0 atom stereocenters. The van der Waals surface area contributed by atoms with Gasteiger partial charge < -0.3 is 66.3 Å². The second-order valence-electron chi connectivity index (χ2n) is 15.7. The van der Waals surface area contributed by atoms with Gasteiger partial charge in [-0.2, -0.15) is 0 Å². The lowest BCUT2D eigenvalue weighted by molar-refractivity contribution is 0.278. The standard InChI is InChI=1S/C56H58O14/c1-57-45-13-37(14-46(25-45)58-2)33-67-53-21-41(22-54(29-53)68-34-38-15-47(59-3)26-48(16-38)60-4)31-65-43-9-11-44(12-10-43)66-32-42-23-55(69-35-39-17-49(61-5)27-50(18-39)62-6)30-56(24-42)70-36-40-19-51(63-7)28-52(20-40)64-8/h9-30H,31-36H2,1-8H3. The molecular weight excluding hydrogens is 897 g/mol. The van der Waals surface area contributed by atoms with Gasteiger partial charge in [0.05, 0.1) is 56.9 Å². The van der Waals surface area contributed by atoms with E-state index in [1.54, 1.807) is 56.9 Å². The molecule has 0 saturated carbocycles. The van der Waals surface area contributed by atoms with Gasteiger partial charge in [0.25, 0.3) is 0 Å². The fraction of sp³-hybridized carbons (Fsp3) is 0.250. The Morgan fingerprint density at radius 2 is 0.329 bits per heavy atom. The first-order valence-corrected chi connectivity index (χ1v) is 22.2. The average molecular weight is 955 g/mol. The van der Waals surface area contributed by atoms with Gasteiger partial charge in [-0.1, -0.05) is 0 Å². The van der Waals surface area contributed by atoms with Crippen molar-refractivity contribution in [2.24, 2.45) is 0 Å². The van der Waals surface area contributed by atoms with Crippen LogP contribution in [-0.4, -0.2) is 56.9 Å². The molecule has 0 heterocycles. The molecule has 7 aromatic carbocycles. The molecule has 7 rings (SSSR count). The lowest BCUT2D eigenvalue weighted by Gasteiger charge is -2.15. The summed E-state index contributed by atoms with van der Waals surface area (Å²) in [6, 6.07) is 41.3. The van der Waals surface area contributed by atoms with Crippen LogP contribution in [-0.2, 0) is 39.6 Å². The second-order valence-corrected chi connectivity index (χ2v) is 15.7. The Morgan fingerprint density at radius 3 is 0.500 bits per heavy atom. The number of methoxy groups -OCH3 is 8. The molecule has 0 unspecified atom stereocenters. The quantitative estimate of drug-likeness (QED) is 0.0510. The molecule has 0 spiro atoms. The molecule has 14 nitrogen and oxygen atoms in total. The van der Waals surface area contributed by atoms with Crippen molar-refractivity contribution in [2.75, 3.05) is 56.9 Å². The Hall–Kier alpha value is -8.26. The summed E-state index contributed by atoms with van der Waals surface area (Å²) < 4.78 is 81.5. The summed E-state index contributed by atoms with van der Waals surface area (Å²) in [5.41, 5.74) is 5.15. The van der Waals surface area contributed by atoms with E-state index < -0.39 is 0 Å². The van der Waals surface area contributed by atoms with Crippen LogP contribution in [0.3, 0.4) is 0 Å². The van der Waals surface area contributed by atoms with E-state index >= 15 is 0 Å². The van der Waals surface area contributed by atoms with Crippen molar-refractivity contribution in [1.82, 2.24) is 0 Å². The highest BCUT2D eigenvalue weighted by Gasteiger charge is 2.12. The summed E-state index contributed by atoms with van der Waals surface area (Å²) in [6.45, 7) is 1.50. The fourth-order valence-corrected chi connectivity index (χ4v) is 7.19. The highest BCUT2D eigenvalue weighted by Crippen LogP contribution is 2.32. The maximum absolute atomic E-state index is 6.31. The van der Waals surface area contributed by atoms with Gasteiger partial charge in [-0.05, 0) is 130 Å². The molecule has 7 aromatic rings. The molecule has 0 aromatic heterocycles. The average Bonchev–Trinajstić information content (AvgIpc) is 3.41. The zero-order chi connectivity index (χ0) is 49.2. The molecule has 0 aliphatic heterocycles. The minimum Gasteiger partial charge on any atom is -0.497 e. The van der Waals surface area contributed by atoms with Gasteiger partial charge in [0.2, 0.25) is 0 Å². The molecular formula is C56H58O14. The van der Waals surface area contributed by atoms with Crippen LogP contribution in [0, 0.1) is 0 Å². The Morgan fingerprint density at radius 1 is 0.186 bits per heavy atom. The van der Waals surface area contributed by atoms with Crippen molar-refractivity contribution in [3.63, 3.8) is 0 Å². The van der Waals surface area contributed by atoms with Gasteiger partial charge in [-0.25, -0.2) is 0 Å². The van der Waals surface area contributed by atoms with Crippen LogP contribution in [0.1, 0.15) is 33.4 Å². The van der Waals surface area contributed by atoms with E-state index in [-0.39, 0.29) is 39.6 Å². The molecule has 0 N–H and O–H groups in total. The van der Waals surface area contributed by atoms with Gasteiger partial charge in [-0.3, -0.25) is 0 Å². The Labute approximate surface area is 408 Å². The minimum absolute atomic E-state index is 0.231. The summed E-state index contributed by atoms with van der Waals surface area (Å²) in [4.78, 5) is 0. The van der Waals surface area contributed by atoms with Crippen molar-refractivity contribution in [2.45, 2.75) is 39.6 Å². The highest BCUT2D eigenvalue weighted by molar-refractivity contribution is 5.45. The predicted molar refractivity (Wildman–Crippen MR) is 264 cm³/mol. The molecule has 0 aliphatic rings. The molecule has 366 valence electrons. The molecule has 14 heteroatoms. The Balaban J connectivity index is 1.04. The smallest absolute Gasteiger partial charge is 0.123 e. The third-order valence-electron chi connectivity index (χ3n) is 10.8. The maximum atomic E-state index is 6.31. The van der Waals surface area contributed by atoms with E-state index in [0.717, 1.165) is 33.4 Å². The van der Waals surface area contributed by atoms with E-state index in [1.165, 1.54) is 0 Å². The van der Waals surface area contributed by atoms with Crippen molar-refractivity contribution in [3.8, 4) is 80.5 Å². The van der Waals surface area contributed by atoms with Crippen molar-refractivity contribution >= 4 is 0 Å². The molecule has 0 aliphatic carbocycles. The lowest BCUT2D eigenvalue weighted by Crippen LogP contribution is -2.03. The van der Waals surface area contributed by atoms with Crippen molar-refractivity contribution in [3.05, 3.63) is 167 Å². The summed E-state index contributed by atoms with van der Waals surface area (Å²) in [5, 5.41) is 0. The van der Waals surface area contributed by atoms with Crippen LogP contribution in [0.5, 0.6) is 80.5 Å².